The summed E-state index contributed by atoms with van der Waals surface area (Å²) in [5, 5.41) is 0.583. The number of esters is 1. The molecule has 0 N–H and O–H groups in total. The normalized spacial score (nSPS) is 11.7. The van der Waals surface area contributed by atoms with E-state index in [1.165, 1.54) is 17.0 Å². The summed E-state index contributed by atoms with van der Waals surface area (Å²) in [4.78, 5) is 31.4. The smallest absolute Gasteiger partial charge is 0.351 e. The number of likely N-dealkylation sites (N-methyl/N-ethyl adjacent to an activating group) is 1. The van der Waals surface area contributed by atoms with Gasteiger partial charge in [0, 0.05) is 25.2 Å². The highest BCUT2D eigenvalue weighted by atomic mass is 32.1. The molecule has 0 spiro atoms. The second-order valence-corrected chi connectivity index (χ2v) is 7.37. The molecule has 1 amide bonds. The summed E-state index contributed by atoms with van der Waals surface area (Å²) in [6.07, 6.45) is -1.04. The van der Waals surface area contributed by atoms with Crippen LogP contribution in [-0.4, -0.2) is 35.9 Å². The number of thiazole rings is 1. The highest BCUT2D eigenvalue weighted by molar-refractivity contribution is 7.17. The van der Waals surface area contributed by atoms with Gasteiger partial charge in [-0.1, -0.05) is 30.3 Å². The van der Waals surface area contributed by atoms with Crippen LogP contribution in [0.3, 0.4) is 0 Å². The van der Waals surface area contributed by atoms with E-state index < -0.39 is 12.1 Å². The maximum Gasteiger partial charge on any atom is 0.351 e. The molecule has 0 radical (unpaired) electrons. The molecule has 0 aliphatic carbocycles. The van der Waals surface area contributed by atoms with E-state index in [0.29, 0.717) is 26.7 Å². The lowest BCUT2D eigenvalue weighted by atomic mass is 10.1. The van der Waals surface area contributed by atoms with Crippen molar-refractivity contribution in [1.82, 2.24) is 9.88 Å². The van der Waals surface area contributed by atoms with E-state index in [2.05, 4.69) is 4.98 Å². The number of hydrogen-bond acceptors (Lipinski definition) is 5. The molecule has 0 fully saturated rings. The average molecular weight is 398 g/mol. The number of carbonyl (C=O) groups excluding carboxylic acids is 2. The molecule has 2 aromatic carbocycles. The second-order valence-electron chi connectivity index (χ2n) is 6.37. The van der Waals surface area contributed by atoms with Gasteiger partial charge in [0.2, 0.25) is 6.10 Å². The van der Waals surface area contributed by atoms with Crippen molar-refractivity contribution in [3.63, 3.8) is 0 Å². The van der Waals surface area contributed by atoms with E-state index in [4.69, 9.17) is 4.74 Å². The lowest BCUT2D eigenvalue weighted by Crippen LogP contribution is -2.31. The molecule has 0 unspecified atom stereocenters. The zero-order valence-corrected chi connectivity index (χ0v) is 16.5. The topological polar surface area (TPSA) is 59.5 Å². The Labute approximate surface area is 166 Å². The number of amides is 1. The van der Waals surface area contributed by atoms with Crippen molar-refractivity contribution in [2.45, 2.75) is 13.0 Å². The fraction of sp³-hybridized carbons (Fsp3) is 0.190. The van der Waals surface area contributed by atoms with Gasteiger partial charge in [-0.05, 0) is 31.2 Å². The van der Waals surface area contributed by atoms with Crippen LogP contribution in [0.2, 0.25) is 0 Å². The third kappa shape index (κ3) is 4.26. The Morgan fingerprint density at radius 1 is 1.07 bits per heavy atom. The largest absolute Gasteiger partial charge is 0.443 e. The van der Waals surface area contributed by atoms with Gasteiger partial charge in [0.15, 0.2) is 0 Å². The number of hydrogen-bond donors (Lipinski definition) is 0. The van der Waals surface area contributed by atoms with Gasteiger partial charge in [0.25, 0.3) is 5.91 Å². The van der Waals surface area contributed by atoms with E-state index in [-0.39, 0.29) is 11.7 Å². The van der Waals surface area contributed by atoms with Crippen molar-refractivity contribution in [2.75, 3.05) is 14.1 Å². The Kier molecular flexibility index (Phi) is 5.84. The molecule has 7 heteroatoms. The molecule has 3 aromatic rings. The first-order valence-corrected chi connectivity index (χ1v) is 9.39. The summed E-state index contributed by atoms with van der Waals surface area (Å²) < 4.78 is 18.7. The van der Waals surface area contributed by atoms with Crippen LogP contribution in [0, 0.1) is 12.7 Å². The van der Waals surface area contributed by atoms with Crippen LogP contribution in [0.25, 0.3) is 10.6 Å². The van der Waals surface area contributed by atoms with Crippen LogP contribution in [0.1, 0.15) is 27.0 Å². The minimum Gasteiger partial charge on any atom is -0.443 e. The van der Waals surface area contributed by atoms with E-state index in [0.717, 1.165) is 11.3 Å². The van der Waals surface area contributed by atoms with Crippen LogP contribution >= 0.6 is 11.3 Å². The highest BCUT2D eigenvalue weighted by Gasteiger charge is 2.28. The van der Waals surface area contributed by atoms with Crippen molar-refractivity contribution >= 4 is 23.2 Å². The summed E-state index contributed by atoms with van der Waals surface area (Å²) in [5.41, 5.74) is 1.80. The van der Waals surface area contributed by atoms with Crippen LogP contribution in [0.4, 0.5) is 4.39 Å². The lowest BCUT2D eigenvalue weighted by Gasteiger charge is -2.21. The minimum absolute atomic E-state index is 0.312. The number of aryl methyl sites for hydroxylation is 1. The Bertz CT molecular complexity index is 985. The molecular weight excluding hydrogens is 379 g/mol. The van der Waals surface area contributed by atoms with Crippen LogP contribution in [-0.2, 0) is 9.53 Å². The predicted octanol–water partition coefficient (Wildman–Crippen LogP) is 4.24. The molecule has 144 valence electrons. The summed E-state index contributed by atoms with van der Waals surface area (Å²) in [7, 11) is 3.22. The number of nitrogens with zero attached hydrogens (tertiary/aromatic N) is 2. The SMILES string of the molecule is Cc1nc(-c2ccc(F)cc2)sc1C(=O)O[C@@H](C(=O)N(C)C)c1ccccc1. The Hall–Kier alpha value is -3.06. The first kappa shape index (κ1) is 19.7. The molecule has 5 nitrogen and oxygen atoms in total. The molecular formula is C21H19FN2O3S. The number of benzene rings is 2. The second kappa shape index (κ2) is 8.31. The quantitative estimate of drug-likeness (QED) is 0.603. The molecule has 28 heavy (non-hydrogen) atoms. The number of ether oxygens (including phenoxy) is 1. The highest BCUT2D eigenvalue weighted by Crippen LogP contribution is 2.30. The van der Waals surface area contributed by atoms with Gasteiger partial charge in [0.05, 0.1) is 5.69 Å². The number of carbonyl (C=O) groups is 2. The summed E-state index contributed by atoms with van der Waals surface area (Å²) in [6.45, 7) is 1.70. The van der Waals surface area contributed by atoms with Gasteiger partial charge in [-0.25, -0.2) is 14.2 Å². The van der Waals surface area contributed by atoms with E-state index in [9.17, 15) is 14.0 Å². The fourth-order valence-corrected chi connectivity index (χ4v) is 3.54. The first-order chi connectivity index (χ1) is 13.4. The monoisotopic (exact) mass is 398 g/mol. The van der Waals surface area contributed by atoms with Crippen molar-refractivity contribution < 1.29 is 18.7 Å². The predicted molar refractivity (Wildman–Crippen MR) is 106 cm³/mol. The number of halogens is 1. The Morgan fingerprint density at radius 2 is 1.71 bits per heavy atom. The molecule has 0 saturated heterocycles. The van der Waals surface area contributed by atoms with Gasteiger partial charge in [0.1, 0.15) is 15.7 Å². The zero-order chi connectivity index (χ0) is 20.3. The Morgan fingerprint density at radius 3 is 2.32 bits per heavy atom. The molecule has 0 aliphatic heterocycles. The van der Waals surface area contributed by atoms with Gasteiger partial charge in [-0.2, -0.15) is 0 Å². The van der Waals surface area contributed by atoms with E-state index >= 15 is 0 Å². The van der Waals surface area contributed by atoms with Crippen molar-refractivity contribution in [2.24, 2.45) is 0 Å². The van der Waals surface area contributed by atoms with Gasteiger partial charge in [-0.15, -0.1) is 11.3 Å². The van der Waals surface area contributed by atoms with Gasteiger partial charge >= 0.3 is 5.97 Å². The van der Waals surface area contributed by atoms with Gasteiger partial charge < -0.3 is 9.64 Å². The molecule has 1 atom stereocenters. The van der Waals surface area contributed by atoms with E-state index in [1.54, 1.807) is 57.4 Å². The average Bonchev–Trinajstić information content (AvgIpc) is 3.08. The minimum atomic E-state index is -1.04. The zero-order valence-electron chi connectivity index (χ0n) is 15.7. The van der Waals surface area contributed by atoms with Crippen LogP contribution in [0.15, 0.2) is 54.6 Å². The van der Waals surface area contributed by atoms with Crippen LogP contribution in [0.5, 0.6) is 0 Å². The molecule has 1 heterocycles. The van der Waals surface area contributed by atoms with Crippen molar-refractivity contribution in [1.29, 1.82) is 0 Å². The molecule has 3 rings (SSSR count). The number of aromatic nitrogens is 1. The standard InChI is InChI=1S/C21H19FN2O3S/c1-13-18(28-19(23-13)15-9-11-16(22)12-10-15)21(26)27-17(20(25)24(2)3)14-7-5-4-6-8-14/h4-12,17H,1-3H3/t17-/m1/s1. The summed E-state index contributed by atoms with van der Waals surface area (Å²) in [6, 6.07) is 14.7. The lowest BCUT2D eigenvalue weighted by molar-refractivity contribution is -0.138. The molecule has 1 aromatic heterocycles. The van der Waals surface area contributed by atoms with Crippen molar-refractivity contribution in [3.8, 4) is 10.6 Å². The maximum atomic E-state index is 13.1. The molecule has 0 saturated carbocycles. The fourth-order valence-electron chi connectivity index (χ4n) is 2.59. The molecule has 0 aliphatic rings. The molecule has 0 bridgehead atoms. The summed E-state index contributed by atoms with van der Waals surface area (Å²) in [5.74, 6) is -1.29. The Balaban J connectivity index is 1.88. The van der Waals surface area contributed by atoms with Gasteiger partial charge in [-0.3, -0.25) is 4.79 Å². The van der Waals surface area contributed by atoms with Crippen molar-refractivity contribution in [3.05, 3.63) is 76.5 Å². The summed E-state index contributed by atoms with van der Waals surface area (Å²) >= 11 is 1.15. The third-order valence-electron chi connectivity index (χ3n) is 4.07. The third-order valence-corrected chi connectivity index (χ3v) is 5.25. The first-order valence-electron chi connectivity index (χ1n) is 8.57. The maximum absolute atomic E-state index is 13.1. The van der Waals surface area contributed by atoms with Crippen LogP contribution < -0.4 is 0 Å². The van der Waals surface area contributed by atoms with E-state index in [1.807, 2.05) is 6.07 Å². The number of rotatable bonds is 5.